The van der Waals surface area contributed by atoms with Gasteiger partial charge in [-0.2, -0.15) is 0 Å². The highest BCUT2D eigenvalue weighted by Gasteiger charge is 2.74. The summed E-state index contributed by atoms with van der Waals surface area (Å²) in [6.07, 6.45) is -0.575. The van der Waals surface area contributed by atoms with Gasteiger partial charge in [0.15, 0.2) is 0 Å². The van der Waals surface area contributed by atoms with Crippen molar-refractivity contribution >= 4 is 34.8 Å². The van der Waals surface area contributed by atoms with E-state index in [0.29, 0.717) is 47.0 Å². The maximum absolute atomic E-state index is 15.5. The number of anilines is 3. The number of benzene rings is 5. The van der Waals surface area contributed by atoms with Crippen LogP contribution in [0.4, 0.5) is 17.1 Å². The Balaban J connectivity index is 1.28. The van der Waals surface area contributed by atoms with Crippen LogP contribution in [0.25, 0.3) is 0 Å². The number of rotatable bonds is 10. The number of ether oxygens (including phenoxy) is 3. The summed E-state index contributed by atoms with van der Waals surface area (Å²) in [7, 11) is 0. The maximum atomic E-state index is 15.5. The Bertz CT molecular complexity index is 2470. The lowest BCUT2D eigenvalue weighted by Crippen LogP contribution is -2.53. The van der Waals surface area contributed by atoms with Crippen molar-refractivity contribution in [3.05, 3.63) is 155 Å². The Hall–Kier alpha value is -6.49. The number of morpholine rings is 2. The summed E-state index contributed by atoms with van der Waals surface area (Å²) in [6, 6.07) is 36.6. The molecule has 5 aromatic rings. The monoisotopic (exact) mass is 818 g/mol. The Labute approximate surface area is 354 Å². The highest BCUT2D eigenvalue weighted by molar-refractivity contribution is 6.13. The van der Waals surface area contributed by atoms with Crippen molar-refractivity contribution < 1.29 is 38.8 Å². The van der Waals surface area contributed by atoms with Crippen molar-refractivity contribution in [3.8, 4) is 17.6 Å². The molecule has 1 spiro atoms. The molecule has 0 aromatic heterocycles. The Kier molecular flexibility index (Phi) is 11.3. The van der Waals surface area contributed by atoms with Crippen LogP contribution >= 0.6 is 0 Å². The van der Waals surface area contributed by atoms with Crippen LogP contribution in [0.2, 0.25) is 0 Å². The van der Waals surface area contributed by atoms with Gasteiger partial charge in [0, 0.05) is 42.1 Å². The summed E-state index contributed by atoms with van der Waals surface area (Å²) in [4.78, 5) is 50.4. The molecule has 4 N–H and O–H groups in total. The van der Waals surface area contributed by atoms with Gasteiger partial charge in [-0.1, -0.05) is 84.6 Å². The summed E-state index contributed by atoms with van der Waals surface area (Å²) in [5, 5.41) is 25.5. The highest BCUT2D eigenvalue weighted by Crippen LogP contribution is 2.65. The molecule has 6 atom stereocenters. The van der Waals surface area contributed by atoms with Gasteiger partial charge in [-0.25, -0.2) is 0 Å². The third kappa shape index (κ3) is 7.29. The van der Waals surface area contributed by atoms with Gasteiger partial charge in [-0.3, -0.25) is 19.3 Å². The second-order valence-corrected chi connectivity index (χ2v) is 15.5. The number of carbonyl (C=O) groups is 3. The molecule has 12 heteroatoms. The van der Waals surface area contributed by atoms with E-state index in [-0.39, 0.29) is 26.2 Å². The molecular weight excluding hydrogens is 773 g/mol. The van der Waals surface area contributed by atoms with E-state index in [2.05, 4.69) is 27.4 Å². The zero-order chi connectivity index (χ0) is 41.9. The van der Waals surface area contributed by atoms with Crippen LogP contribution in [0, 0.1) is 17.8 Å². The largest absolute Gasteiger partial charge is 0.491 e. The summed E-state index contributed by atoms with van der Waals surface area (Å²) in [5.74, 6) is 3.59. The SMILES string of the molecule is O=C1O[C@@H](c2ccccc2)[C@@H](c2ccccc2)N2[C@@H](c3cccc(OCCO)c3)[C@]3(C(=O)Nc4ccc(C#CCCO)cc43)[C@@H](C(=O)Nc3ccc(N4CCOCC4)cc3)[C@H]12. The summed E-state index contributed by atoms with van der Waals surface area (Å²) in [6.45, 7) is 2.46. The number of nitrogens with one attached hydrogen (secondary N) is 2. The van der Waals surface area contributed by atoms with Crippen molar-refractivity contribution in [1.29, 1.82) is 0 Å². The van der Waals surface area contributed by atoms with E-state index in [1.165, 1.54) is 0 Å². The molecule has 0 unspecified atom stereocenters. The number of aliphatic hydroxyl groups is 2. The van der Waals surface area contributed by atoms with E-state index in [1.54, 1.807) is 18.2 Å². The summed E-state index contributed by atoms with van der Waals surface area (Å²) >= 11 is 0. The van der Waals surface area contributed by atoms with Crippen molar-refractivity contribution in [2.75, 3.05) is 61.7 Å². The minimum atomic E-state index is -1.74. The fourth-order valence-electron chi connectivity index (χ4n) is 9.63. The van der Waals surface area contributed by atoms with E-state index in [9.17, 15) is 10.2 Å². The molecule has 0 saturated carbocycles. The number of amides is 2. The Morgan fingerprint density at radius 3 is 2.26 bits per heavy atom. The lowest BCUT2D eigenvalue weighted by atomic mass is 9.65. The smallest absolute Gasteiger partial charge is 0.324 e. The average Bonchev–Trinajstić information content (AvgIpc) is 3.78. The van der Waals surface area contributed by atoms with Gasteiger partial charge >= 0.3 is 5.97 Å². The van der Waals surface area contributed by atoms with E-state index in [0.717, 1.165) is 29.9 Å². The number of aliphatic hydroxyl groups excluding tert-OH is 2. The molecule has 3 fully saturated rings. The van der Waals surface area contributed by atoms with Gasteiger partial charge in [0.05, 0.1) is 44.4 Å². The van der Waals surface area contributed by atoms with Gasteiger partial charge in [-0.05, 0) is 76.9 Å². The second-order valence-electron chi connectivity index (χ2n) is 15.5. The molecule has 4 heterocycles. The number of fused-ring (bicyclic) bond motifs is 3. The quantitative estimate of drug-likeness (QED) is 0.105. The molecule has 12 nitrogen and oxygen atoms in total. The molecule has 0 radical (unpaired) electrons. The van der Waals surface area contributed by atoms with Gasteiger partial charge in [0.25, 0.3) is 0 Å². The molecule has 310 valence electrons. The average molecular weight is 819 g/mol. The Morgan fingerprint density at radius 2 is 1.54 bits per heavy atom. The van der Waals surface area contributed by atoms with Crippen LogP contribution < -0.4 is 20.3 Å². The molecule has 5 aromatic carbocycles. The molecule has 3 saturated heterocycles. The minimum absolute atomic E-state index is 0.0369. The van der Waals surface area contributed by atoms with E-state index in [4.69, 9.17) is 14.2 Å². The predicted octanol–water partition coefficient (Wildman–Crippen LogP) is 5.54. The number of cyclic esters (lactones) is 1. The predicted molar refractivity (Wildman–Crippen MR) is 229 cm³/mol. The number of hydrogen-bond acceptors (Lipinski definition) is 10. The summed E-state index contributed by atoms with van der Waals surface area (Å²) < 4.78 is 18.0. The van der Waals surface area contributed by atoms with Crippen LogP contribution in [0.1, 0.15) is 52.4 Å². The molecule has 4 aliphatic heterocycles. The lowest BCUT2D eigenvalue weighted by Gasteiger charge is -2.46. The van der Waals surface area contributed by atoms with E-state index >= 15 is 14.4 Å². The number of esters is 1. The summed E-state index contributed by atoms with van der Waals surface area (Å²) in [5.41, 5.74) is 3.52. The van der Waals surface area contributed by atoms with Crippen LogP contribution in [0.15, 0.2) is 127 Å². The van der Waals surface area contributed by atoms with Crippen molar-refractivity contribution in [1.82, 2.24) is 4.90 Å². The third-order valence-corrected chi connectivity index (χ3v) is 12.1. The van der Waals surface area contributed by atoms with Crippen molar-refractivity contribution in [3.63, 3.8) is 0 Å². The third-order valence-electron chi connectivity index (χ3n) is 12.1. The van der Waals surface area contributed by atoms with Gasteiger partial charge in [0.1, 0.15) is 29.9 Å². The first-order valence-corrected chi connectivity index (χ1v) is 20.6. The molecule has 0 aliphatic carbocycles. The first-order chi connectivity index (χ1) is 29.9. The van der Waals surface area contributed by atoms with Crippen LogP contribution in [-0.4, -0.2) is 85.1 Å². The zero-order valence-electron chi connectivity index (χ0n) is 33.4. The maximum Gasteiger partial charge on any atom is 0.324 e. The van der Waals surface area contributed by atoms with Crippen LogP contribution in [-0.2, 0) is 29.3 Å². The van der Waals surface area contributed by atoms with Gasteiger partial charge in [-0.15, -0.1) is 0 Å². The molecule has 0 bridgehead atoms. The first-order valence-electron chi connectivity index (χ1n) is 20.6. The first kappa shape index (κ1) is 39.9. The van der Waals surface area contributed by atoms with E-state index in [1.807, 2.05) is 114 Å². The van der Waals surface area contributed by atoms with E-state index < -0.39 is 53.3 Å². The molecule has 4 aliphatic rings. The van der Waals surface area contributed by atoms with Gasteiger partial charge < -0.3 is 40.0 Å². The minimum Gasteiger partial charge on any atom is -0.491 e. The van der Waals surface area contributed by atoms with Crippen molar-refractivity contribution in [2.24, 2.45) is 5.92 Å². The topological polar surface area (TPSA) is 150 Å². The molecule has 2 amide bonds. The molecule has 61 heavy (non-hydrogen) atoms. The number of hydrogen-bond donors (Lipinski definition) is 4. The lowest BCUT2D eigenvalue weighted by molar-refractivity contribution is -0.177. The van der Waals surface area contributed by atoms with Gasteiger partial charge in [0.2, 0.25) is 11.8 Å². The zero-order valence-corrected chi connectivity index (χ0v) is 33.4. The standard InChI is InChI=1S/C49H46N4O8/c54-25-8-7-10-32-17-22-40-39(30-32)49(48(58)51-40)41(46(56)50-36-18-20-37(21-19-36)52-23-27-59-28-24-52)43-47(57)61-44(34-13-5-2-6-14-34)42(33-11-3-1-4-12-33)53(43)45(49)35-15-9-16-38(31-35)60-29-26-55/h1-6,9,11-22,30-31,41-45,54-55H,8,23-29H2,(H,50,56)(H,51,58)/t41-,42-,43-,44+,45+,49-/m1/s1. The normalized spacial score (nSPS) is 24.2. The second kappa shape index (κ2) is 17.2. The van der Waals surface area contributed by atoms with Crippen molar-refractivity contribution in [2.45, 2.75) is 36.1 Å². The van der Waals surface area contributed by atoms with Crippen LogP contribution in [0.5, 0.6) is 5.75 Å². The molecule has 9 rings (SSSR count). The Morgan fingerprint density at radius 1 is 0.820 bits per heavy atom. The fourth-order valence-corrected chi connectivity index (χ4v) is 9.63. The van der Waals surface area contributed by atoms with Crippen LogP contribution in [0.3, 0.4) is 0 Å². The number of carbonyl (C=O) groups excluding carboxylic acids is 3. The highest BCUT2D eigenvalue weighted by atomic mass is 16.6. The fraction of sp³-hybridized carbons (Fsp3) is 0.286. The number of nitrogens with zero attached hydrogens (tertiary/aromatic N) is 2. The molecular formula is C49H46N4O8.